The lowest BCUT2D eigenvalue weighted by Gasteiger charge is -2.13. The zero-order chi connectivity index (χ0) is 11.4. The molecule has 0 bridgehead atoms. The normalized spacial score (nSPS) is 11.5. The topological polar surface area (TPSA) is 55.1 Å². The van der Waals surface area contributed by atoms with Crippen LogP contribution in [0.15, 0.2) is 22.7 Å². The van der Waals surface area contributed by atoms with Gasteiger partial charge in [-0.25, -0.2) is 0 Å². The maximum absolute atomic E-state index is 11.8. The van der Waals surface area contributed by atoms with Crippen molar-refractivity contribution in [2.45, 2.75) is 19.9 Å². The van der Waals surface area contributed by atoms with Crippen molar-refractivity contribution in [1.82, 2.24) is 5.32 Å². The molecule has 5 heteroatoms. The molecular formula is C11H16BrClN2O. The lowest BCUT2D eigenvalue weighted by atomic mass is 10.1. The fourth-order valence-electron chi connectivity index (χ4n) is 1.21. The van der Waals surface area contributed by atoms with Gasteiger partial charge in [0.05, 0.1) is 0 Å². The van der Waals surface area contributed by atoms with E-state index >= 15 is 0 Å². The predicted molar refractivity (Wildman–Crippen MR) is 72.1 cm³/mol. The highest BCUT2D eigenvalue weighted by Gasteiger charge is 2.12. The minimum absolute atomic E-state index is 0. The summed E-state index contributed by atoms with van der Waals surface area (Å²) in [5.41, 5.74) is 7.07. The Morgan fingerprint density at radius 2 is 2.19 bits per heavy atom. The molecule has 0 aliphatic rings. The van der Waals surface area contributed by atoms with Crippen LogP contribution in [0, 0.1) is 6.92 Å². The third-order valence-electron chi connectivity index (χ3n) is 2.24. The largest absolute Gasteiger partial charge is 0.348 e. The lowest BCUT2D eigenvalue weighted by Crippen LogP contribution is -2.38. The Morgan fingerprint density at radius 3 is 2.75 bits per heavy atom. The maximum atomic E-state index is 11.8. The molecule has 0 aromatic heterocycles. The SMILES string of the molecule is Cc1c(Br)cccc1C(=O)N[C@H](C)CN.Cl. The zero-order valence-electron chi connectivity index (χ0n) is 9.29. The van der Waals surface area contributed by atoms with Crippen LogP contribution >= 0.6 is 28.3 Å². The van der Waals surface area contributed by atoms with Crippen LogP contribution in [0.3, 0.4) is 0 Å². The van der Waals surface area contributed by atoms with Gasteiger partial charge in [0, 0.05) is 22.6 Å². The Hall–Kier alpha value is -0.580. The molecule has 0 saturated carbocycles. The molecule has 0 fully saturated rings. The Labute approximate surface area is 110 Å². The van der Waals surface area contributed by atoms with Crippen molar-refractivity contribution in [2.75, 3.05) is 6.54 Å². The van der Waals surface area contributed by atoms with Crippen molar-refractivity contribution in [3.05, 3.63) is 33.8 Å². The molecule has 16 heavy (non-hydrogen) atoms. The van der Waals surface area contributed by atoms with Gasteiger partial charge in [0.15, 0.2) is 0 Å². The van der Waals surface area contributed by atoms with E-state index in [9.17, 15) is 4.79 Å². The molecule has 0 aliphatic carbocycles. The van der Waals surface area contributed by atoms with Crippen molar-refractivity contribution in [3.8, 4) is 0 Å². The molecule has 0 spiro atoms. The van der Waals surface area contributed by atoms with Gasteiger partial charge in [0.2, 0.25) is 0 Å². The minimum atomic E-state index is -0.0771. The summed E-state index contributed by atoms with van der Waals surface area (Å²) in [5, 5.41) is 2.83. The first-order valence-corrected chi connectivity index (χ1v) is 5.61. The third-order valence-corrected chi connectivity index (χ3v) is 3.10. The number of carbonyl (C=O) groups is 1. The average molecular weight is 308 g/mol. The van der Waals surface area contributed by atoms with E-state index in [4.69, 9.17) is 5.73 Å². The molecule has 0 aliphatic heterocycles. The van der Waals surface area contributed by atoms with Crippen LogP contribution < -0.4 is 11.1 Å². The van der Waals surface area contributed by atoms with Gasteiger partial charge < -0.3 is 11.1 Å². The Balaban J connectivity index is 0.00000225. The number of hydrogen-bond donors (Lipinski definition) is 2. The van der Waals surface area contributed by atoms with Crippen LogP contribution in [-0.4, -0.2) is 18.5 Å². The summed E-state index contributed by atoms with van der Waals surface area (Å²) in [6.07, 6.45) is 0. The predicted octanol–water partition coefficient (Wildman–Crippen LogP) is 2.26. The Bertz CT molecular complexity index is 371. The number of benzene rings is 1. The Kier molecular flexibility index (Phi) is 6.64. The molecule has 1 rings (SSSR count). The highest BCUT2D eigenvalue weighted by molar-refractivity contribution is 9.10. The van der Waals surface area contributed by atoms with Crippen LogP contribution in [0.1, 0.15) is 22.8 Å². The Morgan fingerprint density at radius 1 is 1.56 bits per heavy atom. The molecule has 1 aromatic rings. The monoisotopic (exact) mass is 306 g/mol. The van der Waals surface area contributed by atoms with Gasteiger partial charge in [-0.3, -0.25) is 4.79 Å². The smallest absolute Gasteiger partial charge is 0.251 e. The first-order chi connectivity index (χ1) is 7.06. The number of carbonyl (C=O) groups excluding carboxylic acids is 1. The number of halogens is 2. The molecule has 1 aromatic carbocycles. The molecule has 0 heterocycles. The number of rotatable bonds is 3. The first-order valence-electron chi connectivity index (χ1n) is 4.82. The summed E-state index contributed by atoms with van der Waals surface area (Å²) in [6, 6.07) is 5.56. The summed E-state index contributed by atoms with van der Waals surface area (Å²) in [5.74, 6) is -0.0771. The number of amides is 1. The van der Waals surface area contributed by atoms with E-state index in [1.807, 2.05) is 26.0 Å². The van der Waals surface area contributed by atoms with Crippen LogP contribution in [0.5, 0.6) is 0 Å². The maximum Gasteiger partial charge on any atom is 0.251 e. The molecule has 0 radical (unpaired) electrons. The highest BCUT2D eigenvalue weighted by Crippen LogP contribution is 2.19. The van der Waals surface area contributed by atoms with Crippen LogP contribution in [0.2, 0.25) is 0 Å². The van der Waals surface area contributed by atoms with E-state index in [-0.39, 0.29) is 24.4 Å². The summed E-state index contributed by atoms with van der Waals surface area (Å²) in [4.78, 5) is 11.8. The zero-order valence-corrected chi connectivity index (χ0v) is 11.7. The quantitative estimate of drug-likeness (QED) is 0.900. The van der Waals surface area contributed by atoms with Crippen LogP contribution in [-0.2, 0) is 0 Å². The average Bonchev–Trinajstić information content (AvgIpc) is 2.21. The van der Waals surface area contributed by atoms with E-state index in [2.05, 4.69) is 21.2 Å². The van der Waals surface area contributed by atoms with Gasteiger partial charge in [0.25, 0.3) is 5.91 Å². The van der Waals surface area contributed by atoms with E-state index < -0.39 is 0 Å². The summed E-state index contributed by atoms with van der Waals surface area (Å²) >= 11 is 3.39. The molecule has 90 valence electrons. The van der Waals surface area contributed by atoms with Crippen LogP contribution in [0.25, 0.3) is 0 Å². The molecule has 0 saturated heterocycles. The van der Waals surface area contributed by atoms with Gasteiger partial charge in [0.1, 0.15) is 0 Å². The molecule has 1 amide bonds. The van der Waals surface area contributed by atoms with Crippen LogP contribution in [0.4, 0.5) is 0 Å². The van der Waals surface area contributed by atoms with Gasteiger partial charge in [-0.2, -0.15) is 0 Å². The summed E-state index contributed by atoms with van der Waals surface area (Å²) in [6.45, 7) is 4.23. The van der Waals surface area contributed by atoms with Crippen molar-refractivity contribution in [2.24, 2.45) is 5.73 Å². The van der Waals surface area contributed by atoms with E-state index in [0.717, 1.165) is 10.0 Å². The van der Waals surface area contributed by atoms with Gasteiger partial charge >= 0.3 is 0 Å². The van der Waals surface area contributed by atoms with Crippen molar-refractivity contribution in [1.29, 1.82) is 0 Å². The number of nitrogens with two attached hydrogens (primary N) is 1. The van der Waals surface area contributed by atoms with Crippen molar-refractivity contribution in [3.63, 3.8) is 0 Å². The molecular weight excluding hydrogens is 291 g/mol. The molecule has 3 N–H and O–H groups in total. The second kappa shape index (κ2) is 6.89. The first kappa shape index (κ1) is 15.4. The second-order valence-corrected chi connectivity index (χ2v) is 4.38. The van der Waals surface area contributed by atoms with Gasteiger partial charge in [-0.15, -0.1) is 12.4 Å². The second-order valence-electron chi connectivity index (χ2n) is 3.52. The van der Waals surface area contributed by atoms with Crippen molar-refractivity contribution < 1.29 is 4.79 Å². The lowest BCUT2D eigenvalue weighted by molar-refractivity contribution is 0.0940. The molecule has 3 nitrogen and oxygen atoms in total. The highest BCUT2D eigenvalue weighted by atomic mass is 79.9. The van der Waals surface area contributed by atoms with Gasteiger partial charge in [-0.05, 0) is 31.5 Å². The van der Waals surface area contributed by atoms with Crippen molar-refractivity contribution >= 4 is 34.2 Å². The molecule has 0 unspecified atom stereocenters. The van der Waals surface area contributed by atoms with Gasteiger partial charge in [-0.1, -0.05) is 22.0 Å². The van der Waals surface area contributed by atoms with E-state index in [1.165, 1.54) is 0 Å². The van der Waals surface area contributed by atoms with E-state index in [1.54, 1.807) is 6.07 Å². The molecule has 1 atom stereocenters. The summed E-state index contributed by atoms with van der Waals surface area (Å²) in [7, 11) is 0. The summed E-state index contributed by atoms with van der Waals surface area (Å²) < 4.78 is 0.940. The fraction of sp³-hybridized carbons (Fsp3) is 0.364. The third kappa shape index (κ3) is 3.77. The fourth-order valence-corrected chi connectivity index (χ4v) is 1.58. The standard InChI is InChI=1S/C11H15BrN2O.ClH/c1-7(6-13)14-11(15)9-4-3-5-10(12)8(9)2;/h3-5,7H,6,13H2,1-2H3,(H,14,15);1H/t7-;/m1./s1. The number of nitrogens with one attached hydrogen (secondary N) is 1. The van der Waals surface area contributed by atoms with E-state index in [0.29, 0.717) is 12.1 Å². The number of hydrogen-bond acceptors (Lipinski definition) is 2. The minimum Gasteiger partial charge on any atom is -0.348 e.